The summed E-state index contributed by atoms with van der Waals surface area (Å²) >= 11 is 0. The van der Waals surface area contributed by atoms with Gasteiger partial charge >= 0.3 is 22.4 Å². The third-order valence-electron chi connectivity index (χ3n) is 0. The standard InChI is InChI=1S/Ag.3H3N/h;3*1H3/q+1;;;. The Labute approximate surface area is 41.4 Å². The second kappa shape index (κ2) is 64.6. The molecule has 0 aromatic rings. The predicted octanol–water partition coefficient (Wildman–Crippen LogP) is 0.483. The maximum atomic E-state index is 0. The topological polar surface area (TPSA) is 105 Å². The Balaban J connectivity index is 0. The van der Waals surface area contributed by atoms with Crippen LogP contribution in [0.25, 0.3) is 0 Å². The monoisotopic (exact) mass is 158 g/mol. The Bertz CT molecular complexity index is 3.25. The first kappa shape index (κ1) is 157. The van der Waals surface area contributed by atoms with Gasteiger partial charge in [0.1, 0.15) is 0 Å². The molecule has 0 unspecified atom stereocenters. The van der Waals surface area contributed by atoms with E-state index in [4.69, 9.17) is 0 Å². The van der Waals surface area contributed by atoms with Crippen molar-refractivity contribution in [3.8, 4) is 0 Å². The minimum absolute atomic E-state index is 0. The molecule has 0 aliphatic carbocycles. The molecule has 0 aliphatic rings. The van der Waals surface area contributed by atoms with Gasteiger partial charge in [-0.3, -0.25) is 0 Å². The molecule has 0 radical (unpaired) electrons. The van der Waals surface area contributed by atoms with Crippen molar-refractivity contribution in [1.29, 1.82) is 0 Å². The molecular formula is H9AgN3+. The van der Waals surface area contributed by atoms with E-state index in [-0.39, 0.29) is 40.8 Å². The van der Waals surface area contributed by atoms with E-state index < -0.39 is 0 Å². The van der Waals surface area contributed by atoms with E-state index >= 15 is 0 Å². The average molecular weight is 159 g/mol. The summed E-state index contributed by atoms with van der Waals surface area (Å²) in [6, 6.07) is 0. The van der Waals surface area contributed by atoms with Crippen LogP contribution in [0, 0.1) is 0 Å². The maximum Gasteiger partial charge on any atom is 1.00 e. The Morgan fingerprint density at radius 3 is 0.500 bits per heavy atom. The third kappa shape index (κ3) is 17.9. The smallest absolute Gasteiger partial charge is 0.344 e. The summed E-state index contributed by atoms with van der Waals surface area (Å²) in [6.45, 7) is 0. The van der Waals surface area contributed by atoms with Crippen LogP contribution in [0.3, 0.4) is 0 Å². The predicted molar refractivity (Wildman–Crippen MR) is 15.1 cm³/mol. The molecule has 4 heavy (non-hydrogen) atoms. The quantitative estimate of drug-likeness (QED) is 0.447. The van der Waals surface area contributed by atoms with Crippen LogP contribution < -0.4 is 18.5 Å². The summed E-state index contributed by atoms with van der Waals surface area (Å²) in [5, 5.41) is 0. The summed E-state index contributed by atoms with van der Waals surface area (Å²) in [7, 11) is 0. The normalized spacial score (nSPS) is 0. The van der Waals surface area contributed by atoms with Crippen LogP contribution in [-0.4, -0.2) is 0 Å². The van der Waals surface area contributed by atoms with Crippen molar-refractivity contribution >= 4 is 0 Å². The molecule has 0 atom stereocenters. The van der Waals surface area contributed by atoms with Crippen LogP contribution in [0.1, 0.15) is 0 Å². The van der Waals surface area contributed by atoms with Crippen LogP contribution in [0.15, 0.2) is 0 Å². The summed E-state index contributed by atoms with van der Waals surface area (Å²) < 4.78 is 0. The van der Waals surface area contributed by atoms with Gasteiger partial charge in [0.2, 0.25) is 0 Å². The molecule has 0 saturated heterocycles. The van der Waals surface area contributed by atoms with Gasteiger partial charge in [-0.05, 0) is 0 Å². The summed E-state index contributed by atoms with van der Waals surface area (Å²) in [5.74, 6) is 0. The SMILES string of the molecule is N.N.N.[Ag+]. The molecule has 0 aromatic carbocycles. The molecule has 0 amide bonds. The van der Waals surface area contributed by atoms with Gasteiger partial charge in [-0.1, -0.05) is 0 Å². The van der Waals surface area contributed by atoms with E-state index in [1.54, 1.807) is 0 Å². The molecule has 0 aromatic heterocycles. The zero-order valence-electron chi connectivity index (χ0n) is 2.42. The van der Waals surface area contributed by atoms with Crippen LogP contribution >= 0.6 is 0 Å². The minimum atomic E-state index is 0. The fraction of sp³-hybridized carbons (Fsp3) is 0. The molecule has 0 aliphatic heterocycles. The van der Waals surface area contributed by atoms with Crippen LogP contribution in [0.4, 0.5) is 0 Å². The number of rotatable bonds is 0. The molecule has 4 heteroatoms. The van der Waals surface area contributed by atoms with E-state index in [1.165, 1.54) is 0 Å². The Morgan fingerprint density at radius 1 is 0.500 bits per heavy atom. The summed E-state index contributed by atoms with van der Waals surface area (Å²) in [4.78, 5) is 0. The Hall–Kier alpha value is 0.620. The summed E-state index contributed by atoms with van der Waals surface area (Å²) in [6.07, 6.45) is 0. The van der Waals surface area contributed by atoms with E-state index in [9.17, 15) is 0 Å². The van der Waals surface area contributed by atoms with Gasteiger partial charge in [-0.2, -0.15) is 0 Å². The molecule has 0 rings (SSSR count). The maximum absolute atomic E-state index is 0. The second-order valence-electron chi connectivity index (χ2n) is 0. The minimum Gasteiger partial charge on any atom is -0.344 e. The van der Waals surface area contributed by atoms with Crippen molar-refractivity contribution < 1.29 is 22.4 Å². The van der Waals surface area contributed by atoms with Crippen molar-refractivity contribution in [2.45, 2.75) is 0 Å². The third-order valence-corrected chi connectivity index (χ3v) is 0. The molecule has 0 bridgehead atoms. The van der Waals surface area contributed by atoms with Gasteiger partial charge in [0.15, 0.2) is 0 Å². The number of hydrogen-bond acceptors (Lipinski definition) is 3. The second-order valence-corrected chi connectivity index (χ2v) is 0. The molecule has 0 heterocycles. The summed E-state index contributed by atoms with van der Waals surface area (Å²) in [5.41, 5.74) is 0. The first-order chi connectivity index (χ1) is 0. The van der Waals surface area contributed by atoms with E-state index in [0.29, 0.717) is 0 Å². The molecule has 9 N–H and O–H groups in total. The van der Waals surface area contributed by atoms with E-state index in [1.807, 2.05) is 0 Å². The fourth-order valence-electron chi connectivity index (χ4n) is 0. The first-order valence-electron chi connectivity index (χ1n) is 0. The molecule has 3 nitrogen and oxygen atoms in total. The Morgan fingerprint density at radius 2 is 0.500 bits per heavy atom. The van der Waals surface area contributed by atoms with Gasteiger partial charge in [0, 0.05) is 0 Å². The molecule has 0 spiro atoms. The average Bonchev–Trinajstić information content (AvgIpc) is 0. The largest absolute Gasteiger partial charge is 1.00 e. The van der Waals surface area contributed by atoms with Gasteiger partial charge in [-0.15, -0.1) is 0 Å². The number of hydrogen-bond donors (Lipinski definition) is 3. The van der Waals surface area contributed by atoms with Crippen molar-refractivity contribution in [1.82, 2.24) is 18.5 Å². The first-order valence-corrected chi connectivity index (χ1v) is 0. The Kier molecular flexibility index (Phi) is 2540. The van der Waals surface area contributed by atoms with Gasteiger partial charge in [0.05, 0.1) is 0 Å². The molecular weight excluding hydrogens is 150 g/mol. The van der Waals surface area contributed by atoms with E-state index in [0.717, 1.165) is 0 Å². The van der Waals surface area contributed by atoms with Crippen molar-refractivity contribution in [2.24, 2.45) is 0 Å². The zero-order chi connectivity index (χ0) is 0. The van der Waals surface area contributed by atoms with Crippen molar-refractivity contribution in [2.75, 3.05) is 0 Å². The van der Waals surface area contributed by atoms with Gasteiger partial charge in [-0.25, -0.2) is 0 Å². The van der Waals surface area contributed by atoms with Crippen LogP contribution in [0.2, 0.25) is 0 Å². The molecule has 34 valence electrons. The zero-order valence-corrected chi connectivity index (χ0v) is 3.91. The molecule has 0 fully saturated rings. The van der Waals surface area contributed by atoms with Crippen molar-refractivity contribution in [3.05, 3.63) is 0 Å². The van der Waals surface area contributed by atoms with Gasteiger partial charge < -0.3 is 18.5 Å². The molecule has 0 saturated carbocycles. The fourth-order valence-corrected chi connectivity index (χ4v) is 0. The van der Waals surface area contributed by atoms with Crippen LogP contribution in [-0.2, 0) is 22.4 Å². The van der Waals surface area contributed by atoms with E-state index in [2.05, 4.69) is 0 Å². The van der Waals surface area contributed by atoms with Crippen LogP contribution in [0.5, 0.6) is 0 Å². The van der Waals surface area contributed by atoms with Gasteiger partial charge in [0.25, 0.3) is 0 Å². The van der Waals surface area contributed by atoms with Crippen molar-refractivity contribution in [3.63, 3.8) is 0 Å².